The molecular weight excluding hydrogens is 424 g/mol. The fraction of sp³-hybridized carbons (Fsp3) is 0.125. The van der Waals surface area contributed by atoms with Crippen molar-refractivity contribution in [1.82, 2.24) is 10.7 Å². The maximum absolute atomic E-state index is 12.9. The van der Waals surface area contributed by atoms with Gasteiger partial charge in [0.2, 0.25) is 5.91 Å². The number of nitrogens with zero attached hydrogens (tertiary/aromatic N) is 2. The van der Waals surface area contributed by atoms with E-state index in [1.54, 1.807) is 0 Å². The second kappa shape index (κ2) is 11.2. The van der Waals surface area contributed by atoms with Crippen LogP contribution >= 0.6 is 0 Å². The molecule has 0 unspecified atom stereocenters. The number of benzene rings is 3. The highest BCUT2D eigenvalue weighted by molar-refractivity contribution is 5.91. The number of non-ortho nitro benzene ring substituents is 1. The number of nitro groups is 1. The zero-order chi connectivity index (χ0) is 23.6. The maximum Gasteiger partial charge on any atom is 0.270 e. The number of rotatable bonds is 9. The first-order valence-electron chi connectivity index (χ1n) is 10.0. The average molecular weight is 446 g/mol. The number of ether oxygens (including phenoxy) is 1. The van der Waals surface area contributed by atoms with Crippen molar-refractivity contribution in [2.45, 2.75) is 5.92 Å². The first kappa shape index (κ1) is 23.1. The molecule has 0 atom stereocenters. The summed E-state index contributed by atoms with van der Waals surface area (Å²) in [5, 5.41) is 17.4. The summed E-state index contributed by atoms with van der Waals surface area (Å²) in [4.78, 5) is 35.5. The number of nitro benzene ring substituents is 1. The number of hydrogen-bond acceptors (Lipinski definition) is 6. The van der Waals surface area contributed by atoms with E-state index in [1.807, 2.05) is 60.7 Å². The van der Waals surface area contributed by atoms with E-state index in [0.29, 0.717) is 11.3 Å². The zero-order valence-electron chi connectivity index (χ0n) is 17.8. The summed E-state index contributed by atoms with van der Waals surface area (Å²) < 4.78 is 5.14. The molecule has 3 rings (SSSR count). The smallest absolute Gasteiger partial charge is 0.270 e. The van der Waals surface area contributed by atoms with Gasteiger partial charge in [-0.1, -0.05) is 60.7 Å². The molecule has 0 saturated carbocycles. The Hall–Kier alpha value is -4.53. The monoisotopic (exact) mass is 446 g/mol. The van der Waals surface area contributed by atoms with Gasteiger partial charge in [-0.3, -0.25) is 19.7 Å². The van der Waals surface area contributed by atoms with E-state index in [9.17, 15) is 19.7 Å². The van der Waals surface area contributed by atoms with E-state index in [1.165, 1.54) is 31.5 Å². The Morgan fingerprint density at radius 3 is 2.18 bits per heavy atom. The van der Waals surface area contributed by atoms with Crippen LogP contribution in [0.25, 0.3) is 0 Å². The Morgan fingerprint density at radius 2 is 1.64 bits per heavy atom. The predicted molar refractivity (Wildman–Crippen MR) is 123 cm³/mol. The number of amides is 2. The fourth-order valence-corrected chi connectivity index (χ4v) is 3.21. The Kier molecular flexibility index (Phi) is 7.85. The lowest BCUT2D eigenvalue weighted by atomic mass is 9.90. The molecule has 0 aromatic heterocycles. The van der Waals surface area contributed by atoms with Crippen molar-refractivity contribution in [3.63, 3.8) is 0 Å². The molecule has 0 heterocycles. The van der Waals surface area contributed by atoms with Crippen LogP contribution in [0.2, 0.25) is 0 Å². The number of methoxy groups -OCH3 is 1. The highest BCUT2D eigenvalue weighted by atomic mass is 16.6. The Labute approximate surface area is 190 Å². The third-order valence-corrected chi connectivity index (χ3v) is 4.77. The summed E-state index contributed by atoms with van der Waals surface area (Å²) in [6.45, 7) is -0.293. The lowest BCUT2D eigenvalue weighted by molar-refractivity contribution is -0.384. The van der Waals surface area contributed by atoms with E-state index in [-0.39, 0.29) is 18.1 Å². The SMILES string of the molecule is COc1ccc([N+](=O)[O-])cc1/C=N\NC(=O)CNC(=O)C(c1ccccc1)c1ccccc1. The van der Waals surface area contributed by atoms with Crippen molar-refractivity contribution in [3.8, 4) is 5.75 Å². The number of hydrogen-bond donors (Lipinski definition) is 2. The van der Waals surface area contributed by atoms with Crippen LogP contribution in [0.3, 0.4) is 0 Å². The van der Waals surface area contributed by atoms with Gasteiger partial charge >= 0.3 is 0 Å². The number of nitrogens with one attached hydrogen (secondary N) is 2. The summed E-state index contributed by atoms with van der Waals surface area (Å²) in [5.41, 5.74) is 4.09. The lowest BCUT2D eigenvalue weighted by Crippen LogP contribution is -2.37. The molecule has 0 spiro atoms. The number of carbonyl (C=O) groups is 2. The molecule has 0 fully saturated rings. The van der Waals surface area contributed by atoms with Gasteiger partial charge in [-0.25, -0.2) is 5.43 Å². The highest BCUT2D eigenvalue weighted by Crippen LogP contribution is 2.25. The van der Waals surface area contributed by atoms with Gasteiger partial charge < -0.3 is 10.1 Å². The van der Waals surface area contributed by atoms with Crippen molar-refractivity contribution in [2.24, 2.45) is 5.10 Å². The van der Waals surface area contributed by atoms with Gasteiger partial charge in [0.25, 0.3) is 11.6 Å². The van der Waals surface area contributed by atoms with Gasteiger partial charge in [-0.05, 0) is 17.2 Å². The minimum absolute atomic E-state index is 0.135. The highest BCUT2D eigenvalue weighted by Gasteiger charge is 2.22. The maximum atomic E-state index is 12.9. The standard InChI is InChI=1S/C24H22N4O5/c1-33-21-13-12-20(28(31)32)14-19(21)15-26-27-22(29)16-25-24(30)23(17-8-4-2-5-9-17)18-10-6-3-7-11-18/h2-15,23H,16H2,1H3,(H,25,30)(H,27,29)/b26-15-. The van der Waals surface area contributed by atoms with Crippen LogP contribution in [0.5, 0.6) is 5.75 Å². The van der Waals surface area contributed by atoms with E-state index < -0.39 is 16.7 Å². The van der Waals surface area contributed by atoms with Crippen molar-refractivity contribution in [2.75, 3.05) is 13.7 Å². The van der Waals surface area contributed by atoms with E-state index in [0.717, 1.165) is 11.1 Å². The molecular formula is C24H22N4O5. The Morgan fingerprint density at radius 1 is 1.03 bits per heavy atom. The predicted octanol–water partition coefficient (Wildman–Crippen LogP) is 3.00. The second-order valence-electron chi connectivity index (χ2n) is 6.95. The summed E-state index contributed by atoms with van der Waals surface area (Å²) >= 11 is 0. The van der Waals surface area contributed by atoms with Crippen LogP contribution in [0.4, 0.5) is 5.69 Å². The third kappa shape index (κ3) is 6.23. The Bertz CT molecular complexity index is 1110. The summed E-state index contributed by atoms with van der Waals surface area (Å²) in [6.07, 6.45) is 1.24. The summed E-state index contributed by atoms with van der Waals surface area (Å²) in [6, 6.07) is 22.6. The van der Waals surface area contributed by atoms with Crippen molar-refractivity contribution < 1.29 is 19.2 Å². The van der Waals surface area contributed by atoms with E-state index in [2.05, 4.69) is 15.8 Å². The molecule has 0 saturated heterocycles. The summed E-state index contributed by atoms with van der Waals surface area (Å²) in [5.74, 6) is -1.09. The van der Waals surface area contributed by atoms with Crippen LogP contribution in [0.15, 0.2) is 84.0 Å². The van der Waals surface area contributed by atoms with Crippen molar-refractivity contribution >= 4 is 23.7 Å². The number of hydrazone groups is 1. The molecule has 0 radical (unpaired) electrons. The molecule has 9 nitrogen and oxygen atoms in total. The normalized spacial score (nSPS) is 10.7. The first-order chi connectivity index (χ1) is 16.0. The van der Waals surface area contributed by atoms with Crippen LogP contribution < -0.4 is 15.5 Å². The molecule has 9 heteroatoms. The largest absolute Gasteiger partial charge is 0.496 e. The molecule has 168 valence electrons. The van der Waals surface area contributed by atoms with Gasteiger partial charge in [-0.15, -0.1) is 0 Å². The molecule has 33 heavy (non-hydrogen) atoms. The van der Waals surface area contributed by atoms with Gasteiger partial charge in [0.15, 0.2) is 0 Å². The minimum atomic E-state index is -0.571. The molecule has 3 aromatic rings. The molecule has 0 aliphatic carbocycles. The van der Waals surface area contributed by atoms with Crippen molar-refractivity contribution in [3.05, 3.63) is 106 Å². The molecule has 0 aliphatic rings. The van der Waals surface area contributed by atoms with Crippen molar-refractivity contribution in [1.29, 1.82) is 0 Å². The zero-order valence-corrected chi connectivity index (χ0v) is 17.8. The first-order valence-corrected chi connectivity index (χ1v) is 10.0. The lowest BCUT2D eigenvalue weighted by Gasteiger charge is -2.17. The van der Waals surface area contributed by atoms with Crippen LogP contribution in [-0.4, -0.2) is 36.6 Å². The van der Waals surface area contributed by atoms with Crippen LogP contribution in [0.1, 0.15) is 22.6 Å². The van der Waals surface area contributed by atoms with Gasteiger partial charge in [-0.2, -0.15) is 5.10 Å². The average Bonchev–Trinajstić information content (AvgIpc) is 2.84. The molecule has 0 aliphatic heterocycles. The summed E-state index contributed by atoms with van der Waals surface area (Å²) in [7, 11) is 1.42. The third-order valence-electron chi connectivity index (χ3n) is 4.77. The van der Waals surface area contributed by atoms with Gasteiger partial charge in [0.1, 0.15) is 5.75 Å². The molecule has 0 bridgehead atoms. The van der Waals surface area contributed by atoms with Gasteiger partial charge in [0, 0.05) is 17.7 Å². The minimum Gasteiger partial charge on any atom is -0.496 e. The Balaban J connectivity index is 1.63. The number of carbonyl (C=O) groups excluding carboxylic acids is 2. The van der Waals surface area contributed by atoms with Crippen LogP contribution in [0, 0.1) is 10.1 Å². The quantitative estimate of drug-likeness (QED) is 0.297. The molecule has 2 N–H and O–H groups in total. The topological polar surface area (TPSA) is 123 Å². The van der Waals surface area contributed by atoms with Crippen LogP contribution in [-0.2, 0) is 9.59 Å². The van der Waals surface area contributed by atoms with E-state index in [4.69, 9.17) is 4.74 Å². The van der Waals surface area contributed by atoms with E-state index >= 15 is 0 Å². The van der Waals surface area contributed by atoms with Gasteiger partial charge in [0.05, 0.1) is 30.7 Å². The molecule has 3 aromatic carbocycles. The fourth-order valence-electron chi connectivity index (χ4n) is 3.21. The second-order valence-corrected chi connectivity index (χ2v) is 6.95. The molecule has 2 amide bonds.